The molecule has 1 heterocycles. The molecule has 112 valence electrons. The Bertz CT molecular complexity index is 524. The molecular formula is C15H16O6. The Kier molecular flexibility index (Phi) is 4.92. The minimum Gasteiger partial charge on any atom is -0.466 e. The normalized spacial score (nSPS) is 20.7. The second-order valence-electron chi connectivity index (χ2n) is 4.56. The van der Waals surface area contributed by atoms with Gasteiger partial charge in [0.1, 0.15) is 6.10 Å². The Balaban J connectivity index is 1.89. The van der Waals surface area contributed by atoms with Crippen LogP contribution in [0.25, 0.3) is 0 Å². The van der Waals surface area contributed by atoms with Gasteiger partial charge in [0.05, 0.1) is 18.6 Å². The molecule has 0 saturated carbocycles. The first-order chi connectivity index (χ1) is 10.1. The van der Waals surface area contributed by atoms with Crippen LogP contribution in [0.3, 0.4) is 0 Å². The third-order valence-electron chi connectivity index (χ3n) is 2.98. The van der Waals surface area contributed by atoms with Gasteiger partial charge in [0, 0.05) is 6.42 Å². The smallest absolute Gasteiger partial charge is 0.347 e. The van der Waals surface area contributed by atoms with Crippen LogP contribution in [-0.2, 0) is 23.8 Å². The zero-order chi connectivity index (χ0) is 15.2. The van der Waals surface area contributed by atoms with E-state index in [9.17, 15) is 14.4 Å². The lowest BCUT2D eigenvalue weighted by molar-refractivity contribution is -0.151. The summed E-state index contributed by atoms with van der Waals surface area (Å²) in [6.07, 6.45) is -1.45. The van der Waals surface area contributed by atoms with E-state index < -0.39 is 30.1 Å². The van der Waals surface area contributed by atoms with Gasteiger partial charge in [0.25, 0.3) is 0 Å². The quantitative estimate of drug-likeness (QED) is 0.604. The zero-order valence-corrected chi connectivity index (χ0v) is 11.6. The summed E-state index contributed by atoms with van der Waals surface area (Å²) in [5.74, 6) is -1.66. The number of esters is 3. The molecule has 1 aromatic rings. The van der Waals surface area contributed by atoms with E-state index >= 15 is 0 Å². The summed E-state index contributed by atoms with van der Waals surface area (Å²) in [5, 5.41) is 0. The van der Waals surface area contributed by atoms with Gasteiger partial charge in [0.2, 0.25) is 6.10 Å². The zero-order valence-electron chi connectivity index (χ0n) is 11.6. The van der Waals surface area contributed by atoms with Crippen molar-refractivity contribution in [3.63, 3.8) is 0 Å². The lowest BCUT2D eigenvalue weighted by Gasteiger charge is -2.08. The lowest BCUT2D eigenvalue weighted by Crippen LogP contribution is -2.22. The fourth-order valence-corrected chi connectivity index (χ4v) is 2.02. The molecule has 0 unspecified atom stereocenters. The van der Waals surface area contributed by atoms with Crippen LogP contribution in [0.4, 0.5) is 0 Å². The van der Waals surface area contributed by atoms with Gasteiger partial charge < -0.3 is 14.2 Å². The molecule has 0 bridgehead atoms. The molecule has 0 aliphatic carbocycles. The van der Waals surface area contributed by atoms with Crippen LogP contribution in [0, 0.1) is 0 Å². The predicted molar refractivity (Wildman–Crippen MR) is 71.4 cm³/mol. The lowest BCUT2D eigenvalue weighted by atomic mass is 10.1. The molecule has 1 saturated heterocycles. The molecule has 6 nitrogen and oxygen atoms in total. The number of rotatable bonds is 5. The van der Waals surface area contributed by atoms with Crippen molar-refractivity contribution in [2.24, 2.45) is 0 Å². The van der Waals surface area contributed by atoms with E-state index in [1.54, 1.807) is 37.3 Å². The Labute approximate surface area is 122 Å². The van der Waals surface area contributed by atoms with Gasteiger partial charge >= 0.3 is 17.9 Å². The molecular weight excluding hydrogens is 276 g/mol. The molecule has 1 fully saturated rings. The van der Waals surface area contributed by atoms with E-state index in [2.05, 4.69) is 0 Å². The van der Waals surface area contributed by atoms with Gasteiger partial charge in [-0.2, -0.15) is 0 Å². The van der Waals surface area contributed by atoms with E-state index in [4.69, 9.17) is 14.2 Å². The molecule has 1 aliphatic rings. The molecule has 0 spiro atoms. The highest BCUT2D eigenvalue weighted by atomic mass is 16.6. The van der Waals surface area contributed by atoms with Crippen molar-refractivity contribution < 1.29 is 28.6 Å². The van der Waals surface area contributed by atoms with E-state index in [0.717, 1.165) is 0 Å². The van der Waals surface area contributed by atoms with Crippen LogP contribution in [0.5, 0.6) is 0 Å². The fourth-order valence-electron chi connectivity index (χ4n) is 2.02. The Morgan fingerprint density at radius 2 is 2.00 bits per heavy atom. The van der Waals surface area contributed by atoms with Crippen molar-refractivity contribution in [3.8, 4) is 0 Å². The number of cyclic esters (lactones) is 1. The first-order valence-electron chi connectivity index (χ1n) is 6.72. The number of ether oxygens (including phenoxy) is 3. The Hall–Kier alpha value is -2.37. The van der Waals surface area contributed by atoms with Crippen LogP contribution in [0.15, 0.2) is 30.3 Å². The highest BCUT2D eigenvalue weighted by Gasteiger charge is 2.38. The van der Waals surface area contributed by atoms with Gasteiger partial charge in [-0.1, -0.05) is 18.2 Å². The number of hydrogen-bond acceptors (Lipinski definition) is 6. The van der Waals surface area contributed by atoms with Crippen LogP contribution in [0.2, 0.25) is 0 Å². The first-order valence-corrected chi connectivity index (χ1v) is 6.72. The maximum Gasteiger partial charge on any atom is 0.347 e. The second-order valence-corrected chi connectivity index (χ2v) is 4.56. The molecule has 21 heavy (non-hydrogen) atoms. The van der Waals surface area contributed by atoms with Gasteiger partial charge in [-0.05, 0) is 19.1 Å². The SMILES string of the molecule is CCOC(=O)C[C@H]1C[C@@H](OC(=O)c2ccccc2)C(=O)O1. The van der Waals surface area contributed by atoms with Crippen molar-refractivity contribution in [2.75, 3.05) is 6.61 Å². The molecule has 0 radical (unpaired) electrons. The number of carbonyl (C=O) groups excluding carboxylic acids is 3. The highest BCUT2D eigenvalue weighted by Crippen LogP contribution is 2.22. The molecule has 1 aromatic carbocycles. The number of hydrogen-bond donors (Lipinski definition) is 0. The monoisotopic (exact) mass is 292 g/mol. The molecule has 2 rings (SSSR count). The van der Waals surface area contributed by atoms with Crippen LogP contribution >= 0.6 is 0 Å². The van der Waals surface area contributed by atoms with E-state index in [1.165, 1.54) is 0 Å². The number of benzene rings is 1. The summed E-state index contributed by atoms with van der Waals surface area (Å²) in [4.78, 5) is 34.8. The molecule has 0 N–H and O–H groups in total. The fraction of sp³-hybridized carbons (Fsp3) is 0.400. The largest absolute Gasteiger partial charge is 0.466 e. The topological polar surface area (TPSA) is 78.9 Å². The first kappa shape index (κ1) is 15.0. The third kappa shape index (κ3) is 4.05. The van der Waals surface area contributed by atoms with Gasteiger partial charge in [-0.15, -0.1) is 0 Å². The highest BCUT2D eigenvalue weighted by molar-refractivity contribution is 5.91. The summed E-state index contributed by atoms with van der Waals surface area (Å²) in [5.41, 5.74) is 0.360. The summed E-state index contributed by atoms with van der Waals surface area (Å²) in [6, 6.07) is 8.37. The van der Waals surface area contributed by atoms with Crippen molar-refractivity contribution >= 4 is 17.9 Å². The van der Waals surface area contributed by atoms with E-state index in [-0.39, 0.29) is 19.4 Å². The maximum absolute atomic E-state index is 11.9. The molecule has 1 aliphatic heterocycles. The average molecular weight is 292 g/mol. The Morgan fingerprint density at radius 1 is 1.29 bits per heavy atom. The standard InChI is InChI=1S/C15H16O6/c1-2-19-13(16)9-11-8-12(15(18)20-11)21-14(17)10-6-4-3-5-7-10/h3-7,11-12H,2,8-9H2,1H3/t11-,12-/m1/s1. The van der Waals surface area contributed by atoms with Gasteiger partial charge in [-0.3, -0.25) is 4.79 Å². The summed E-state index contributed by atoms with van der Waals surface area (Å²) >= 11 is 0. The number of carbonyl (C=O) groups is 3. The van der Waals surface area contributed by atoms with Crippen molar-refractivity contribution in [1.82, 2.24) is 0 Å². The molecule has 0 aromatic heterocycles. The van der Waals surface area contributed by atoms with Gasteiger partial charge in [0.15, 0.2) is 0 Å². The molecule has 2 atom stereocenters. The maximum atomic E-state index is 11.9. The van der Waals surface area contributed by atoms with Gasteiger partial charge in [-0.25, -0.2) is 9.59 Å². The minimum absolute atomic E-state index is 0.0288. The summed E-state index contributed by atoms with van der Waals surface area (Å²) in [7, 11) is 0. The average Bonchev–Trinajstić information content (AvgIpc) is 2.79. The van der Waals surface area contributed by atoms with Crippen molar-refractivity contribution in [2.45, 2.75) is 32.0 Å². The summed E-state index contributed by atoms with van der Waals surface area (Å²) in [6.45, 7) is 1.97. The molecule has 0 amide bonds. The summed E-state index contributed by atoms with van der Waals surface area (Å²) < 4.78 is 14.9. The van der Waals surface area contributed by atoms with Crippen LogP contribution in [-0.4, -0.2) is 36.7 Å². The Morgan fingerprint density at radius 3 is 2.67 bits per heavy atom. The van der Waals surface area contributed by atoms with E-state index in [0.29, 0.717) is 5.56 Å². The van der Waals surface area contributed by atoms with Crippen LogP contribution < -0.4 is 0 Å². The minimum atomic E-state index is -0.975. The predicted octanol–water partition coefficient (Wildman–Crippen LogP) is 1.48. The van der Waals surface area contributed by atoms with E-state index in [1.807, 2.05) is 0 Å². The van der Waals surface area contributed by atoms with Crippen molar-refractivity contribution in [3.05, 3.63) is 35.9 Å². The van der Waals surface area contributed by atoms with Crippen molar-refractivity contribution in [1.29, 1.82) is 0 Å². The third-order valence-corrected chi connectivity index (χ3v) is 2.98. The molecule has 6 heteroatoms. The van der Waals surface area contributed by atoms with Crippen LogP contribution in [0.1, 0.15) is 30.1 Å². The second kappa shape index (κ2) is 6.88.